The first kappa shape index (κ1) is 17.0. The summed E-state index contributed by atoms with van der Waals surface area (Å²) in [7, 11) is 1.34. The molecule has 126 valence electrons. The van der Waals surface area contributed by atoms with Crippen molar-refractivity contribution in [3.8, 4) is 0 Å². The molecular weight excluding hydrogens is 302 g/mol. The van der Waals surface area contributed by atoms with E-state index in [9.17, 15) is 24.3 Å². The van der Waals surface area contributed by atoms with E-state index in [1.807, 2.05) is 0 Å². The topological polar surface area (TPSA) is 110 Å². The van der Waals surface area contributed by atoms with Gasteiger partial charge in [-0.1, -0.05) is 19.3 Å². The molecule has 0 bridgehead atoms. The Morgan fingerprint density at radius 3 is 2.65 bits per heavy atom. The highest BCUT2D eigenvalue weighted by Crippen LogP contribution is 2.23. The second-order valence-electron chi connectivity index (χ2n) is 5.88. The minimum absolute atomic E-state index is 0.240. The van der Waals surface area contributed by atoms with Gasteiger partial charge in [-0.15, -0.1) is 0 Å². The number of hydrogen-bond donors (Lipinski definition) is 2. The summed E-state index contributed by atoms with van der Waals surface area (Å²) in [5, 5.41) is 12.0. The molecule has 0 aromatic carbocycles. The van der Waals surface area contributed by atoms with Crippen LogP contribution in [0.1, 0.15) is 32.1 Å². The first-order valence-electron chi connectivity index (χ1n) is 7.69. The predicted molar refractivity (Wildman–Crippen MR) is 82.1 cm³/mol. The number of amides is 1. The van der Waals surface area contributed by atoms with Crippen LogP contribution in [-0.4, -0.2) is 32.2 Å². The maximum absolute atomic E-state index is 12.2. The normalized spacial score (nSPS) is 21.4. The van der Waals surface area contributed by atoms with Crippen molar-refractivity contribution in [1.82, 2.24) is 14.5 Å². The Bertz CT molecular complexity index is 706. The SMILES string of the molecule is Cn1c(=O)ccn(CC(=O)N[C@H]2CCCCC[C@H]2C(=O)O)c1=O. The molecule has 8 heteroatoms. The summed E-state index contributed by atoms with van der Waals surface area (Å²) in [6.07, 6.45) is 5.09. The van der Waals surface area contributed by atoms with Crippen LogP contribution in [0.2, 0.25) is 0 Å². The molecule has 1 aliphatic rings. The molecule has 1 aromatic rings. The maximum Gasteiger partial charge on any atom is 0.331 e. The summed E-state index contributed by atoms with van der Waals surface area (Å²) >= 11 is 0. The fraction of sp³-hybridized carbons (Fsp3) is 0.600. The molecular formula is C15H21N3O5. The van der Waals surface area contributed by atoms with Gasteiger partial charge in [0.2, 0.25) is 5.91 Å². The van der Waals surface area contributed by atoms with Crippen LogP contribution in [0.15, 0.2) is 21.9 Å². The fourth-order valence-electron chi connectivity index (χ4n) is 2.92. The van der Waals surface area contributed by atoms with Crippen LogP contribution in [0.5, 0.6) is 0 Å². The number of aliphatic carboxylic acids is 1. The average Bonchev–Trinajstić information content (AvgIpc) is 2.73. The third-order valence-electron chi connectivity index (χ3n) is 4.25. The minimum atomic E-state index is -0.906. The van der Waals surface area contributed by atoms with Crippen molar-refractivity contribution in [2.24, 2.45) is 13.0 Å². The number of carboxylic acids is 1. The first-order chi connectivity index (χ1) is 10.9. The lowest BCUT2D eigenvalue weighted by molar-refractivity contribution is -0.143. The summed E-state index contributed by atoms with van der Waals surface area (Å²) in [6.45, 7) is -0.240. The largest absolute Gasteiger partial charge is 0.481 e. The molecule has 0 unspecified atom stereocenters. The molecule has 0 saturated heterocycles. The van der Waals surface area contributed by atoms with E-state index in [0.717, 1.165) is 28.4 Å². The molecule has 1 heterocycles. The van der Waals surface area contributed by atoms with Gasteiger partial charge in [-0.2, -0.15) is 0 Å². The van der Waals surface area contributed by atoms with Gasteiger partial charge in [0.25, 0.3) is 5.56 Å². The van der Waals surface area contributed by atoms with Gasteiger partial charge < -0.3 is 10.4 Å². The smallest absolute Gasteiger partial charge is 0.331 e. The number of nitrogens with one attached hydrogen (secondary N) is 1. The van der Waals surface area contributed by atoms with Gasteiger partial charge in [0.05, 0.1) is 5.92 Å². The molecule has 0 radical (unpaired) electrons. The summed E-state index contributed by atoms with van der Waals surface area (Å²) in [6, 6.07) is 0.783. The predicted octanol–water partition coefficient (Wildman–Crippen LogP) is -0.303. The number of carbonyl (C=O) groups is 2. The second-order valence-corrected chi connectivity index (χ2v) is 5.88. The van der Waals surface area contributed by atoms with Crippen molar-refractivity contribution >= 4 is 11.9 Å². The summed E-state index contributed by atoms with van der Waals surface area (Å²) in [5.74, 6) is -1.93. The van der Waals surface area contributed by atoms with Gasteiger partial charge in [0, 0.05) is 25.4 Å². The maximum atomic E-state index is 12.2. The van der Waals surface area contributed by atoms with Crippen LogP contribution >= 0.6 is 0 Å². The van der Waals surface area contributed by atoms with Gasteiger partial charge in [0.1, 0.15) is 6.54 Å². The van der Waals surface area contributed by atoms with E-state index >= 15 is 0 Å². The number of carboxylic acid groups (broad SMARTS) is 1. The zero-order chi connectivity index (χ0) is 17.0. The van der Waals surface area contributed by atoms with Crippen molar-refractivity contribution in [2.45, 2.75) is 44.7 Å². The lowest BCUT2D eigenvalue weighted by Crippen LogP contribution is -2.46. The summed E-state index contributed by atoms with van der Waals surface area (Å²) in [5.41, 5.74) is -1.02. The van der Waals surface area contributed by atoms with Crippen molar-refractivity contribution in [3.63, 3.8) is 0 Å². The lowest BCUT2D eigenvalue weighted by Gasteiger charge is -2.23. The first-order valence-corrected chi connectivity index (χ1v) is 7.69. The molecule has 8 nitrogen and oxygen atoms in total. The molecule has 2 atom stereocenters. The number of rotatable bonds is 4. The van der Waals surface area contributed by atoms with E-state index in [2.05, 4.69) is 5.32 Å². The van der Waals surface area contributed by atoms with Crippen LogP contribution in [0.4, 0.5) is 0 Å². The molecule has 0 spiro atoms. The van der Waals surface area contributed by atoms with Crippen molar-refractivity contribution < 1.29 is 14.7 Å². The van der Waals surface area contributed by atoms with E-state index in [-0.39, 0.29) is 6.54 Å². The Morgan fingerprint density at radius 1 is 1.26 bits per heavy atom. The Labute approximate surface area is 132 Å². The van der Waals surface area contributed by atoms with E-state index < -0.39 is 35.1 Å². The van der Waals surface area contributed by atoms with Crippen LogP contribution in [0, 0.1) is 5.92 Å². The van der Waals surface area contributed by atoms with Gasteiger partial charge >= 0.3 is 11.7 Å². The van der Waals surface area contributed by atoms with Crippen LogP contribution in [-0.2, 0) is 23.2 Å². The van der Waals surface area contributed by atoms with E-state index in [0.29, 0.717) is 12.8 Å². The zero-order valence-electron chi connectivity index (χ0n) is 13.0. The monoisotopic (exact) mass is 323 g/mol. The molecule has 1 fully saturated rings. The molecule has 0 aliphatic heterocycles. The third kappa shape index (κ3) is 4.08. The number of carbonyl (C=O) groups excluding carboxylic acids is 1. The minimum Gasteiger partial charge on any atom is -0.481 e. The molecule has 23 heavy (non-hydrogen) atoms. The molecule has 1 aliphatic carbocycles. The van der Waals surface area contributed by atoms with Crippen LogP contribution in [0.25, 0.3) is 0 Å². The molecule has 1 amide bonds. The fourth-order valence-corrected chi connectivity index (χ4v) is 2.92. The van der Waals surface area contributed by atoms with Gasteiger partial charge in [-0.25, -0.2) is 4.79 Å². The van der Waals surface area contributed by atoms with Crippen molar-refractivity contribution in [3.05, 3.63) is 33.1 Å². The van der Waals surface area contributed by atoms with E-state index in [1.54, 1.807) is 0 Å². The second kappa shape index (κ2) is 7.26. The Kier molecular flexibility index (Phi) is 5.36. The number of nitrogens with zero attached hydrogens (tertiary/aromatic N) is 2. The van der Waals surface area contributed by atoms with Crippen LogP contribution in [0.3, 0.4) is 0 Å². The highest BCUT2D eigenvalue weighted by atomic mass is 16.4. The van der Waals surface area contributed by atoms with Gasteiger partial charge in [-0.3, -0.25) is 23.5 Å². The Balaban J connectivity index is 2.09. The zero-order valence-corrected chi connectivity index (χ0v) is 13.0. The van der Waals surface area contributed by atoms with Crippen LogP contribution < -0.4 is 16.6 Å². The highest BCUT2D eigenvalue weighted by molar-refractivity contribution is 5.78. The quantitative estimate of drug-likeness (QED) is 0.739. The van der Waals surface area contributed by atoms with Crippen molar-refractivity contribution in [2.75, 3.05) is 0 Å². The lowest BCUT2D eigenvalue weighted by atomic mass is 9.95. The number of hydrogen-bond acceptors (Lipinski definition) is 4. The molecule has 1 saturated carbocycles. The molecule has 2 N–H and O–H groups in total. The van der Waals surface area contributed by atoms with E-state index in [4.69, 9.17) is 0 Å². The summed E-state index contributed by atoms with van der Waals surface area (Å²) < 4.78 is 2.04. The van der Waals surface area contributed by atoms with E-state index in [1.165, 1.54) is 19.3 Å². The van der Waals surface area contributed by atoms with Gasteiger partial charge in [-0.05, 0) is 12.8 Å². The standard InChI is InChI=1S/C15H21N3O5/c1-17-13(20)7-8-18(15(17)23)9-12(19)16-11-6-4-2-3-5-10(11)14(21)22/h7-8,10-11H,2-6,9H2,1H3,(H,16,19)(H,21,22)/t10-,11+/m1/s1. The third-order valence-corrected chi connectivity index (χ3v) is 4.25. The highest BCUT2D eigenvalue weighted by Gasteiger charge is 2.30. The summed E-state index contributed by atoms with van der Waals surface area (Å²) in [4.78, 5) is 46.7. The molecule has 2 rings (SSSR count). The Hall–Kier alpha value is -2.38. The number of aromatic nitrogens is 2. The van der Waals surface area contributed by atoms with Gasteiger partial charge in [0.15, 0.2) is 0 Å². The molecule has 1 aromatic heterocycles. The van der Waals surface area contributed by atoms with Crippen molar-refractivity contribution in [1.29, 1.82) is 0 Å². The average molecular weight is 323 g/mol. The Morgan fingerprint density at radius 2 is 1.96 bits per heavy atom.